The van der Waals surface area contributed by atoms with E-state index in [1.54, 1.807) is 0 Å². The highest BCUT2D eigenvalue weighted by Crippen LogP contribution is 2.33. The summed E-state index contributed by atoms with van der Waals surface area (Å²) in [4.78, 5) is 12.5. The van der Waals surface area contributed by atoms with E-state index in [0.29, 0.717) is 5.92 Å². The summed E-state index contributed by atoms with van der Waals surface area (Å²) in [5, 5.41) is 14.0. The van der Waals surface area contributed by atoms with Crippen molar-refractivity contribution in [1.29, 1.82) is 0 Å². The van der Waals surface area contributed by atoms with E-state index in [1.165, 1.54) is 19.3 Å². The molecular formula is C32H30N6. The molecule has 6 rings (SSSR count). The molecule has 1 aliphatic rings. The maximum absolute atomic E-state index is 4.58. The van der Waals surface area contributed by atoms with Crippen molar-refractivity contribution in [2.24, 2.45) is 5.92 Å². The maximum Gasteiger partial charge on any atom is 0.116 e. The minimum atomic E-state index is 0.576. The van der Waals surface area contributed by atoms with Crippen LogP contribution in [0, 0.1) is 5.92 Å². The Kier molecular flexibility index (Phi) is 6.22. The molecule has 5 aromatic rings. The summed E-state index contributed by atoms with van der Waals surface area (Å²) < 4.78 is 0. The molecule has 6 heteroatoms. The van der Waals surface area contributed by atoms with Crippen molar-refractivity contribution < 1.29 is 0 Å². The van der Waals surface area contributed by atoms with Gasteiger partial charge in [-0.2, -0.15) is 5.10 Å². The lowest BCUT2D eigenvalue weighted by atomic mass is 9.83. The van der Waals surface area contributed by atoms with Crippen molar-refractivity contribution in [3.05, 3.63) is 102 Å². The topological polar surface area (TPSA) is 82.3 Å². The third-order valence-electron chi connectivity index (χ3n) is 7.36. The van der Waals surface area contributed by atoms with Gasteiger partial charge in [0, 0.05) is 39.8 Å². The number of hydrogen-bond acceptors (Lipinski definition) is 4. The molecule has 1 fully saturated rings. The van der Waals surface area contributed by atoms with Gasteiger partial charge in [-0.15, -0.1) is 0 Å². The number of fused-ring (bicyclic) bond motifs is 1. The molecule has 1 aromatic carbocycles. The van der Waals surface area contributed by atoms with Gasteiger partial charge in [0.05, 0.1) is 28.6 Å². The summed E-state index contributed by atoms with van der Waals surface area (Å²) in [6.07, 6.45) is 13.4. The number of hydrogen-bond donors (Lipinski definition) is 3. The second-order valence-corrected chi connectivity index (χ2v) is 9.89. The van der Waals surface area contributed by atoms with Gasteiger partial charge in [0.2, 0.25) is 0 Å². The molecule has 0 bridgehead atoms. The summed E-state index contributed by atoms with van der Waals surface area (Å²) in [5.74, 6) is 0.576. The number of allylic oxidation sites excluding steroid dienone is 3. The highest BCUT2D eigenvalue weighted by atomic mass is 15.1. The Morgan fingerprint density at radius 2 is 2.00 bits per heavy atom. The molecule has 1 saturated carbocycles. The molecule has 0 unspecified atom stereocenters. The Labute approximate surface area is 221 Å². The monoisotopic (exact) mass is 498 g/mol. The molecular weight excluding hydrogens is 468 g/mol. The molecule has 6 nitrogen and oxygen atoms in total. The van der Waals surface area contributed by atoms with Gasteiger partial charge in [0.15, 0.2) is 0 Å². The first kappa shape index (κ1) is 23.7. The first-order valence-electron chi connectivity index (χ1n) is 12.9. The minimum Gasteiger partial charge on any atom is -0.358 e. The number of anilines is 1. The zero-order valence-corrected chi connectivity index (χ0v) is 21.5. The molecule has 1 aliphatic carbocycles. The Bertz CT molecular complexity index is 1770. The fraction of sp³-hybridized carbons (Fsp3) is 0.156. The lowest BCUT2D eigenvalue weighted by molar-refractivity contribution is 0.371. The molecule has 0 radical (unpaired) electrons. The largest absolute Gasteiger partial charge is 0.358 e. The fourth-order valence-corrected chi connectivity index (χ4v) is 4.84. The van der Waals surface area contributed by atoms with E-state index in [9.17, 15) is 0 Å². The molecule has 0 aliphatic heterocycles. The second kappa shape index (κ2) is 9.98. The fourth-order valence-electron chi connectivity index (χ4n) is 4.84. The van der Waals surface area contributed by atoms with Crippen LogP contribution in [0.2, 0.25) is 0 Å². The first-order chi connectivity index (χ1) is 18.6. The van der Waals surface area contributed by atoms with Crippen molar-refractivity contribution in [2.45, 2.75) is 26.2 Å². The molecule has 3 N–H and O–H groups in total. The molecule has 0 amide bonds. The van der Waals surface area contributed by atoms with Crippen molar-refractivity contribution in [3.8, 4) is 22.6 Å². The summed E-state index contributed by atoms with van der Waals surface area (Å²) in [6.45, 7) is 10.6. The number of nitrogens with zero attached hydrogens (tertiary/aromatic N) is 3. The predicted octanol–water partition coefficient (Wildman–Crippen LogP) is 6.04. The molecule has 0 atom stereocenters. The number of rotatable bonds is 7. The molecule has 0 spiro atoms. The van der Waals surface area contributed by atoms with Crippen LogP contribution >= 0.6 is 0 Å². The van der Waals surface area contributed by atoms with Crippen LogP contribution in [0.4, 0.5) is 5.69 Å². The van der Waals surface area contributed by atoms with Gasteiger partial charge >= 0.3 is 0 Å². The minimum absolute atomic E-state index is 0.576. The van der Waals surface area contributed by atoms with Crippen LogP contribution in [0.1, 0.15) is 31.7 Å². The van der Waals surface area contributed by atoms with Gasteiger partial charge in [-0.05, 0) is 73.2 Å². The zero-order chi connectivity index (χ0) is 26.1. The van der Waals surface area contributed by atoms with Crippen LogP contribution in [-0.2, 0) is 0 Å². The SMILES string of the molecule is C=C(Nc1cncc(/C(C)=C/C=c2/[nH]nc(-c3cc4c(-c5ccccn5)cccc4[nH]3)c2=C)c1)C1CCC1. The second-order valence-electron chi connectivity index (χ2n) is 9.89. The molecule has 38 heavy (non-hydrogen) atoms. The number of H-pyrrole nitrogens is 2. The summed E-state index contributed by atoms with van der Waals surface area (Å²) >= 11 is 0. The highest BCUT2D eigenvalue weighted by molar-refractivity contribution is 5.97. The van der Waals surface area contributed by atoms with Crippen LogP contribution < -0.4 is 15.9 Å². The van der Waals surface area contributed by atoms with Gasteiger partial charge in [-0.1, -0.05) is 43.9 Å². The van der Waals surface area contributed by atoms with Gasteiger partial charge in [-0.3, -0.25) is 15.1 Å². The average molecular weight is 499 g/mol. The Hall–Kier alpha value is -4.71. The van der Waals surface area contributed by atoms with Crippen molar-refractivity contribution in [3.63, 3.8) is 0 Å². The Balaban J connectivity index is 1.27. The number of pyridine rings is 2. The van der Waals surface area contributed by atoms with E-state index in [2.05, 4.69) is 80.9 Å². The van der Waals surface area contributed by atoms with E-state index in [0.717, 1.165) is 66.6 Å². The Morgan fingerprint density at radius 1 is 1.11 bits per heavy atom. The number of benzene rings is 1. The average Bonchev–Trinajstić information content (AvgIpc) is 3.49. The first-order valence-corrected chi connectivity index (χ1v) is 12.9. The standard InChI is InChI=1S/C32H30N6/c1-20(24-16-25(19-33-18-24)35-22(3)23-8-6-9-23)13-14-28-21(2)32(38-37-28)31-17-27-26(10-7-12-30(27)36-31)29-11-4-5-15-34-29/h4-5,7,10-19,23,35-37H,2-3,6,8-9H2,1H3/b20-13+,28-14+. The normalized spacial score (nSPS) is 14.6. The van der Waals surface area contributed by atoms with Gasteiger partial charge in [-0.25, -0.2) is 0 Å². The molecule has 4 aromatic heterocycles. The Morgan fingerprint density at radius 3 is 2.79 bits per heavy atom. The smallest absolute Gasteiger partial charge is 0.116 e. The van der Waals surface area contributed by atoms with Crippen LogP contribution in [0.5, 0.6) is 0 Å². The molecule has 0 saturated heterocycles. The van der Waals surface area contributed by atoms with Crippen molar-refractivity contribution in [1.82, 2.24) is 25.1 Å². The number of aromatic amines is 2. The summed E-state index contributed by atoms with van der Waals surface area (Å²) in [7, 11) is 0. The summed E-state index contributed by atoms with van der Waals surface area (Å²) in [6, 6.07) is 16.4. The van der Waals surface area contributed by atoms with E-state index in [4.69, 9.17) is 0 Å². The molecule has 188 valence electrons. The van der Waals surface area contributed by atoms with Gasteiger partial charge in [0.1, 0.15) is 5.69 Å². The van der Waals surface area contributed by atoms with Gasteiger partial charge < -0.3 is 10.3 Å². The van der Waals surface area contributed by atoms with Gasteiger partial charge in [0.25, 0.3) is 0 Å². The lowest BCUT2D eigenvalue weighted by Gasteiger charge is -2.28. The maximum atomic E-state index is 4.58. The van der Waals surface area contributed by atoms with Crippen LogP contribution in [0.25, 0.3) is 51.8 Å². The van der Waals surface area contributed by atoms with Crippen LogP contribution in [0.3, 0.4) is 0 Å². The zero-order valence-electron chi connectivity index (χ0n) is 21.5. The number of aromatic nitrogens is 5. The third kappa shape index (κ3) is 4.57. The highest BCUT2D eigenvalue weighted by Gasteiger charge is 2.20. The van der Waals surface area contributed by atoms with Crippen molar-refractivity contribution in [2.75, 3.05) is 5.32 Å². The predicted molar refractivity (Wildman–Crippen MR) is 156 cm³/mol. The quantitative estimate of drug-likeness (QED) is 0.256. The third-order valence-corrected chi connectivity index (χ3v) is 7.36. The van der Waals surface area contributed by atoms with E-state index < -0.39 is 0 Å². The van der Waals surface area contributed by atoms with Crippen LogP contribution in [0.15, 0.2) is 85.5 Å². The summed E-state index contributed by atoms with van der Waals surface area (Å²) in [5.41, 5.74) is 8.97. The number of nitrogens with one attached hydrogen (secondary N) is 3. The van der Waals surface area contributed by atoms with Crippen LogP contribution in [-0.4, -0.2) is 25.1 Å². The van der Waals surface area contributed by atoms with Crippen molar-refractivity contribution >= 4 is 34.8 Å². The van der Waals surface area contributed by atoms with E-state index >= 15 is 0 Å². The molecule has 4 heterocycles. The van der Waals surface area contributed by atoms with E-state index in [1.807, 2.05) is 48.9 Å². The van der Waals surface area contributed by atoms with E-state index in [-0.39, 0.29) is 0 Å². The lowest BCUT2D eigenvalue weighted by Crippen LogP contribution is -2.21.